The van der Waals surface area contributed by atoms with Gasteiger partial charge in [-0.15, -0.1) is 0 Å². The minimum Gasteiger partial charge on any atom is -0.364 e. The van der Waals surface area contributed by atoms with Crippen LogP contribution in [0.15, 0.2) is 46.9 Å². The Morgan fingerprint density at radius 2 is 2.00 bits per heavy atom. The zero-order valence-electron chi connectivity index (χ0n) is 17.0. The maximum atomic E-state index is 11.9. The van der Waals surface area contributed by atoms with E-state index in [0.29, 0.717) is 29.1 Å². The van der Waals surface area contributed by atoms with E-state index in [-0.39, 0.29) is 11.5 Å². The summed E-state index contributed by atoms with van der Waals surface area (Å²) >= 11 is 9.98. The molecule has 0 spiro atoms. The standard InChI is InChI=1S/C23H26BrClN2O2S/c1-2-30(28,29)12-11-17-7-9-20(13-17)27(16-19-5-3-4-6-22(19)24)21-10-8-18(15-26)23(25)14-21/h3-6,8,10,14,17,20H,2,7,9,11-13,16H2,1H3/t17?,20-/m0/s1. The summed E-state index contributed by atoms with van der Waals surface area (Å²) < 4.78 is 24.9. The maximum absolute atomic E-state index is 11.9. The zero-order chi connectivity index (χ0) is 21.7. The first-order valence-corrected chi connectivity index (χ1v) is 13.2. The Morgan fingerprint density at radius 3 is 2.67 bits per heavy atom. The van der Waals surface area contributed by atoms with E-state index < -0.39 is 9.84 Å². The van der Waals surface area contributed by atoms with Crippen molar-refractivity contribution in [2.75, 3.05) is 16.4 Å². The van der Waals surface area contributed by atoms with E-state index in [0.717, 1.165) is 35.8 Å². The molecular weight excluding hydrogens is 484 g/mol. The number of halogens is 2. The van der Waals surface area contributed by atoms with Gasteiger partial charge >= 0.3 is 0 Å². The van der Waals surface area contributed by atoms with E-state index in [1.807, 2.05) is 30.3 Å². The highest BCUT2D eigenvalue weighted by Crippen LogP contribution is 2.37. The Balaban J connectivity index is 1.82. The van der Waals surface area contributed by atoms with Gasteiger partial charge in [0.1, 0.15) is 15.9 Å². The molecule has 0 N–H and O–H groups in total. The van der Waals surface area contributed by atoms with Gasteiger partial charge in [0.25, 0.3) is 0 Å². The summed E-state index contributed by atoms with van der Waals surface area (Å²) in [4.78, 5) is 2.35. The lowest BCUT2D eigenvalue weighted by Gasteiger charge is -2.32. The molecule has 1 aliphatic carbocycles. The van der Waals surface area contributed by atoms with Crippen molar-refractivity contribution in [2.24, 2.45) is 5.92 Å². The quantitative estimate of drug-likeness (QED) is 0.439. The van der Waals surface area contributed by atoms with E-state index in [1.165, 1.54) is 5.56 Å². The summed E-state index contributed by atoms with van der Waals surface area (Å²) in [6.07, 6.45) is 3.73. The molecule has 1 fully saturated rings. The van der Waals surface area contributed by atoms with Crippen LogP contribution in [-0.2, 0) is 16.4 Å². The number of benzene rings is 2. The summed E-state index contributed by atoms with van der Waals surface area (Å²) in [7, 11) is -2.93. The molecule has 0 radical (unpaired) electrons. The first-order chi connectivity index (χ1) is 14.3. The lowest BCUT2D eigenvalue weighted by atomic mass is 10.0. The highest BCUT2D eigenvalue weighted by Gasteiger charge is 2.30. The normalized spacial score (nSPS) is 18.9. The van der Waals surface area contributed by atoms with Crippen LogP contribution in [0, 0.1) is 17.2 Å². The van der Waals surface area contributed by atoms with Crippen molar-refractivity contribution >= 4 is 43.1 Å². The third-order valence-electron chi connectivity index (χ3n) is 5.93. The lowest BCUT2D eigenvalue weighted by molar-refractivity contribution is 0.502. The second kappa shape index (κ2) is 10.2. The average Bonchev–Trinajstić information content (AvgIpc) is 3.20. The molecule has 0 heterocycles. The fourth-order valence-electron chi connectivity index (χ4n) is 4.10. The molecule has 4 nitrogen and oxygen atoms in total. The summed E-state index contributed by atoms with van der Waals surface area (Å²) in [5.41, 5.74) is 2.63. The minimum atomic E-state index is -2.93. The molecule has 0 aromatic heterocycles. The van der Waals surface area contributed by atoms with E-state index >= 15 is 0 Å². The van der Waals surface area contributed by atoms with Gasteiger partial charge in [-0.1, -0.05) is 52.7 Å². The highest BCUT2D eigenvalue weighted by molar-refractivity contribution is 9.10. The van der Waals surface area contributed by atoms with Crippen LogP contribution in [0.2, 0.25) is 5.02 Å². The van der Waals surface area contributed by atoms with Crippen LogP contribution in [0.3, 0.4) is 0 Å². The van der Waals surface area contributed by atoms with Gasteiger partial charge in [-0.25, -0.2) is 8.42 Å². The highest BCUT2D eigenvalue weighted by atomic mass is 79.9. The van der Waals surface area contributed by atoms with Crippen LogP contribution in [-0.4, -0.2) is 26.0 Å². The van der Waals surface area contributed by atoms with Crippen LogP contribution in [0.5, 0.6) is 0 Å². The Labute approximate surface area is 192 Å². The molecule has 0 saturated heterocycles. The molecule has 0 bridgehead atoms. The van der Waals surface area contributed by atoms with Crippen molar-refractivity contribution in [2.45, 2.75) is 45.2 Å². The van der Waals surface area contributed by atoms with Crippen molar-refractivity contribution in [1.29, 1.82) is 5.26 Å². The number of nitriles is 1. The second-order valence-corrected chi connectivity index (χ2v) is 11.6. The monoisotopic (exact) mass is 508 g/mol. The van der Waals surface area contributed by atoms with Crippen LogP contribution in [0.1, 0.15) is 43.7 Å². The summed E-state index contributed by atoms with van der Waals surface area (Å²) in [6.45, 7) is 2.43. The van der Waals surface area contributed by atoms with Gasteiger partial charge in [0.2, 0.25) is 0 Å². The second-order valence-electron chi connectivity index (χ2n) is 7.85. The minimum absolute atomic E-state index is 0.209. The van der Waals surface area contributed by atoms with Crippen molar-refractivity contribution < 1.29 is 8.42 Å². The molecule has 1 saturated carbocycles. The summed E-state index contributed by atoms with van der Waals surface area (Å²) in [5, 5.41) is 9.66. The largest absolute Gasteiger partial charge is 0.364 e. The Hall–Kier alpha value is -1.55. The fourth-order valence-corrected chi connectivity index (χ4v) is 5.71. The van der Waals surface area contributed by atoms with Gasteiger partial charge < -0.3 is 4.90 Å². The molecule has 2 atom stereocenters. The van der Waals surface area contributed by atoms with Gasteiger partial charge in [0.05, 0.1) is 16.3 Å². The van der Waals surface area contributed by atoms with Gasteiger partial charge in [0.15, 0.2) is 0 Å². The van der Waals surface area contributed by atoms with Crippen molar-refractivity contribution in [3.8, 4) is 6.07 Å². The maximum Gasteiger partial charge on any atom is 0.150 e. The predicted molar refractivity (Wildman–Crippen MR) is 127 cm³/mol. The van der Waals surface area contributed by atoms with Crippen molar-refractivity contribution in [3.63, 3.8) is 0 Å². The Bertz CT molecular complexity index is 1040. The SMILES string of the molecule is CCS(=O)(=O)CCC1CC[C@H](N(Cc2ccccc2Br)c2ccc(C#N)c(Cl)c2)C1. The molecule has 1 aliphatic rings. The number of anilines is 1. The molecule has 160 valence electrons. The first kappa shape index (κ1) is 23.1. The molecule has 7 heteroatoms. The predicted octanol–water partition coefficient (Wildman–Crippen LogP) is 5.97. The molecule has 30 heavy (non-hydrogen) atoms. The molecule has 0 aliphatic heterocycles. The van der Waals surface area contributed by atoms with E-state index in [1.54, 1.807) is 13.0 Å². The third-order valence-corrected chi connectivity index (χ3v) is 8.76. The van der Waals surface area contributed by atoms with Crippen LogP contribution >= 0.6 is 27.5 Å². The number of sulfone groups is 1. The fraction of sp³-hybridized carbons (Fsp3) is 0.435. The van der Waals surface area contributed by atoms with Gasteiger partial charge in [0, 0.05) is 28.5 Å². The first-order valence-electron chi connectivity index (χ1n) is 10.2. The van der Waals surface area contributed by atoms with Gasteiger partial charge in [-0.2, -0.15) is 5.26 Å². The van der Waals surface area contributed by atoms with Crippen LogP contribution in [0.25, 0.3) is 0 Å². The van der Waals surface area contributed by atoms with E-state index in [9.17, 15) is 13.7 Å². The molecule has 2 aromatic carbocycles. The topological polar surface area (TPSA) is 61.2 Å². The van der Waals surface area contributed by atoms with E-state index in [4.69, 9.17) is 11.6 Å². The Morgan fingerprint density at radius 1 is 1.23 bits per heavy atom. The third kappa shape index (κ3) is 5.78. The van der Waals surface area contributed by atoms with Crippen molar-refractivity contribution in [3.05, 3.63) is 63.1 Å². The molecular formula is C23H26BrClN2O2S. The summed E-state index contributed by atoms with van der Waals surface area (Å²) in [6, 6.07) is 16.2. The smallest absolute Gasteiger partial charge is 0.150 e. The summed E-state index contributed by atoms with van der Waals surface area (Å²) in [5.74, 6) is 0.890. The molecule has 2 aromatic rings. The van der Waals surface area contributed by atoms with Gasteiger partial charge in [-0.05, 0) is 61.4 Å². The zero-order valence-corrected chi connectivity index (χ0v) is 20.2. The van der Waals surface area contributed by atoms with E-state index in [2.05, 4.69) is 33.0 Å². The number of hydrogen-bond acceptors (Lipinski definition) is 4. The van der Waals surface area contributed by atoms with Crippen LogP contribution < -0.4 is 4.90 Å². The Kier molecular flexibility index (Phi) is 7.84. The number of hydrogen-bond donors (Lipinski definition) is 0. The molecule has 1 unspecified atom stereocenters. The van der Waals surface area contributed by atoms with Crippen molar-refractivity contribution in [1.82, 2.24) is 0 Å². The molecule has 0 amide bonds. The molecule has 3 rings (SSSR count). The number of rotatable bonds is 8. The van der Waals surface area contributed by atoms with Gasteiger partial charge in [-0.3, -0.25) is 0 Å². The average molecular weight is 510 g/mol. The number of nitrogens with zero attached hydrogens (tertiary/aromatic N) is 2. The lowest BCUT2D eigenvalue weighted by Crippen LogP contribution is -2.33. The van der Waals surface area contributed by atoms with Crippen LogP contribution in [0.4, 0.5) is 5.69 Å².